The van der Waals surface area contributed by atoms with Crippen LogP contribution in [0.25, 0.3) is 5.78 Å². The van der Waals surface area contributed by atoms with Crippen LogP contribution in [0.2, 0.25) is 0 Å². The van der Waals surface area contributed by atoms with Gasteiger partial charge in [-0.2, -0.15) is 10.1 Å². The second-order valence-corrected chi connectivity index (χ2v) is 4.19. The number of carbonyl (C=O) groups is 1. The molecule has 17 heavy (non-hydrogen) atoms. The molecule has 0 aromatic carbocycles. The predicted octanol–water partition coefficient (Wildman–Crippen LogP) is 0.579. The number of nitrogens with zero attached hydrogens (tertiary/aromatic N) is 4. The molecule has 2 aromatic rings. The molecule has 88 valence electrons. The summed E-state index contributed by atoms with van der Waals surface area (Å²) in [7, 11) is 0. The van der Waals surface area contributed by atoms with E-state index in [1.807, 2.05) is 6.92 Å². The first-order chi connectivity index (χ1) is 8.29. The zero-order valence-electron chi connectivity index (χ0n) is 9.55. The molecule has 1 N–H and O–H groups in total. The molecule has 0 aliphatic heterocycles. The van der Waals surface area contributed by atoms with E-state index in [0.29, 0.717) is 17.4 Å². The van der Waals surface area contributed by atoms with Crippen molar-refractivity contribution >= 4 is 11.7 Å². The normalized spacial score (nSPS) is 15.1. The minimum absolute atomic E-state index is 0.0609. The lowest BCUT2D eigenvalue weighted by atomic mass is 10.2. The van der Waals surface area contributed by atoms with Gasteiger partial charge in [-0.25, -0.2) is 9.50 Å². The second kappa shape index (κ2) is 3.80. The van der Waals surface area contributed by atoms with Crippen LogP contribution in [0.15, 0.2) is 12.5 Å². The molecule has 0 atom stereocenters. The van der Waals surface area contributed by atoms with E-state index in [4.69, 9.17) is 0 Å². The quantitative estimate of drug-likeness (QED) is 0.838. The van der Waals surface area contributed by atoms with E-state index in [9.17, 15) is 4.79 Å². The number of carbonyl (C=O) groups excluding carboxylic acids is 1. The monoisotopic (exact) mass is 231 g/mol. The van der Waals surface area contributed by atoms with Crippen molar-refractivity contribution in [2.75, 3.05) is 0 Å². The van der Waals surface area contributed by atoms with Crippen LogP contribution in [0.5, 0.6) is 0 Å². The molecule has 1 amide bonds. The van der Waals surface area contributed by atoms with E-state index in [0.717, 1.165) is 25.0 Å². The lowest BCUT2D eigenvalue weighted by molar-refractivity contribution is 0.0949. The Hall–Kier alpha value is -1.98. The first-order valence-corrected chi connectivity index (χ1v) is 5.78. The van der Waals surface area contributed by atoms with E-state index in [1.54, 1.807) is 10.7 Å². The highest BCUT2D eigenvalue weighted by Crippen LogP contribution is 2.20. The average molecular weight is 231 g/mol. The molecule has 0 radical (unpaired) electrons. The van der Waals surface area contributed by atoms with E-state index in [2.05, 4.69) is 20.4 Å². The topological polar surface area (TPSA) is 72.2 Å². The van der Waals surface area contributed by atoms with Crippen molar-refractivity contribution < 1.29 is 4.79 Å². The van der Waals surface area contributed by atoms with Crippen molar-refractivity contribution in [2.45, 2.75) is 32.2 Å². The van der Waals surface area contributed by atoms with Crippen molar-refractivity contribution in [3.05, 3.63) is 23.8 Å². The SMILES string of the molecule is CCc1c(C(=O)NC2CC2)cnc2ncnn12. The molecule has 0 bridgehead atoms. The summed E-state index contributed by atoms with van der Waals surface area (Å²) in [5, 5.41) is 7.05. The fourth-order valence-electron chi connectivity index (χ4n) is 1.85. The molecule has 0 saturated heterocycles. The van der Waals surface area contributed by atoms with Crippen molar-refractivity contribution in [1.82, 2.24) is 24.9 Å². The number of nitrogens with one attached hydrogen (secondary N) is 1. The minimum atomic E-state index is -0.0609. The maximum Gasteiger partial charge on any atom is 0.254 e. The molecule has 1 aliphatic carbocycles. The molecule has 0 spiro atoms. The Morgan fingerprint density at radius 1 is 1.53 bits per heavy atom. The van der Waals surface area contributed by atoms with E-state index < -0.39 is 0 Å². The summed E-state index contributed by atoms with van der Waals surface area (Å²) in [5.41, 5.74) is 1.45. The Balaban J connectivity index is 2.04. The number of fused-ring (bicyclic) bond motifs is 1. The van der Waals surface area contributed by atoms with E-state index in [1.165, 1.54) is 6.33 Å². The zero-order chi connectivity index (χ0) is 11.8. The molecule has 6 nitrogen and oxygen atoms in total. The van der Waals surface area contributed by atoms with E-state index >= 15 is 0 Å². The summed E-state index contributed by atoms with van der Waals surface area (Å²) in [5.74, 6) is 0.471. The van der Waals surface area contributed by atoms with Crippen LogP contribution in [0.1, 0.15) is 35.8 Å². The maximum absolute atomic E-state index is 12.0. The van der Waals surface area contributed by atoms with Crippen molar-refractivity contribution in [3.63, 3.8) is 0 Å². The van der Waals surface area contributed by atoms with Gasteiger partial charge in [0.1, 0.15) is 6.33 Å². The maximum atomic E-state index is 12.0. The fraction of sp³-hybridized carbons (Fsp3) is 0.455. The summed E-state index contributed by atoms with van der Waals surface area (Å²) in [6.07, 6.45) is 5.90. The summed E-state index contributed by atoms with van der Waals surface area (Å²) in [6, 6.07) is 0.346. The largest absolute Gasteiger partial charge is 0.349 e. The standard InChI is InChI=1S/C11H13N5O/c1-2-9-8(10(17)15-7-3-4-7)5-12-11-13-6-14-16(9)11/h5-7H,2-4H2,1H3,(H,15,17). The Morgan fingerprint density at radius 3 is 3.06 bits per heavy atom. The molecule has 1 saturated carbocycles. The highest BCUT2D eigenvalue weighted by Gasteiger charge is 2.25. The number of hydrogen-bond donors (Lipinski definition) is 1. The van der Waals surface area contributed by atoms with Crippen molar-refractivity contribution in [2.24, 2.45) is 0 Å². The Kier molecular flexibility index (Phi) is 2.28. The lowest BCUT2D eigenvalue weighted by Crippen LogP contribution is -2.27. The van der Waals surface area contributed by atoms with Gasteiger partial charge in [-0.3, -0.25) is 4.79 Å². The van der Waals surface area contributed by atoms with Crippen LogP contribution in [0, 0.1) is 0 Å². The Labute approximate surface area is 98.1 Å². The van der Waals surface area contributed by atoms with Gasteiger partial charge in [0.25, 0.3) is 11.7 Å². The molecule has 1 fully saturated rings. The van der Waals surface area contributed by atoms with Gasteiger partial charge in [0.2, 0.25) is 0 Å². The van der Waals surface area contributed by atoms with Gasteiger partial charge in [0, 0.05) is 12.2 Å². The Morgan fingerprint density at radius 2 is 2.35 bits per heavy atom. The minimum Gasteiger partial charge on any atom is -0.349 e. The van der Waals surface area contributed by atoms with Gasteiger partial charge in [0.05, 0.1) is 11.3 Å². The van der Waals surface area contributed by atoms with Crippen molar-refractivity contribution in [3.8, 4) is 0 Å². The van der Waals surface area contributed by atoms with Crippen LogP contribution in [-0.4, -0.2) is 31.5 Å². The smallest absolute Gasteiger partial charge is 0.254 e. The molecule has 2 heterocycles. The van der Waals surface area contributed by atoms with Gasteiger partial charge < -0.3 is 5.32 Å². The molecule has 6 heteroatoms. The number of hydrogen-bond acceptors (Lipinski definition) is 4. The highest BCUT2D eigenvalue weighted by atomic mass is 16.1. The first-order valence-electron chi connectivity index (χ1n) is 5.78. The molecular formula is C11H13N5O. The van der Waals surface area contributed by atoms with Gasteiger partial charge in [0.15, 0.2) is 0 Å². The molecule has 1 aliphatic rings. The molecular weight excluding hydrogens is 218 g/mol. The van der Waals surface area contributed by atoms with Crippen LogP contribution in [0.3, 0.4) is 0 Å². The number of aromatic nitrogens is 4. The summed E-state index contributed by atoms with van der Waals surface area (Å²) >= 11 is 0. The molecule has 2 aromatic heterocycles. The number of aryl methyl sites for hydroxylation is 1. The van der Waals surface area contributed by atoms with Crippen molar-refractivity contribution in [1.29, 1.82) is 0 Å². The van der Waals surface area contributed by atoms with Gasteiger partial charge >= 0.3 is 0 Å². The van der Waals surface area contributed by atoms with Crippen LogP contribution in [0.4, 0.5) is 0 Å². The van der Waals surface area contributed by atoms with Gasteiger partial charge in [-0.15, -0.1) is 0 Å². The van der Waals surface area contributed by atoms with Gasteiger partial charge in [-0.05, 0) is 19.3 Å². The fourth-order valence-corrected chi connectivity index (χ4v) is 1.85. The third-order valence-corrected chi connectivity index (χ3v) is 2.90. The van der Waals surface area contributed by atoms with Gasteiger partial charge in [-0.1, -0.05) is 6.92 Å². The van der Waals surface area contributed by atoms with Crippen LogP contribution < -0.4 is 5.32 Å². The second-order valence-electron chi connectivity index (χ2n) is 4.19. The zero-order valence-corrected chi connectivity index (χ0v) is 9.55. The first kappa shape index (κ1) is 10.2. The number of amides is 1. The number of rotatable bonds is 3. The lowest BCUT2D eigenvalue weighted by Gasteiger charge is -2.08. The van der Waals surface area contributed by atoms with E-state index in [-0.39, 0.29) is 5.91 Å². The third-order valence-electron chi connectivity index (χ3n) is 2.90. The van der Waals surface area contributed by atoms with Crippen LogP contribution >= 0.6 is 0 Å². The van der Waals surface area contributed by atoms with Crippen LogP contribution in [-0.2, 0) is 6.42 Å². The summed E-state index contributed by atoms with van der Waals surface area (Å²) < 4.78 is 1.63. The molecule has 3 rings (SSSR count). The average Bonchev–Trinajstić information content (AvgIpc) is 3.02. The third kappa shape index (κ3) is 1.75. The summed E-state index contributed by atoms with van der Waals surface area (Å²) in [6.45, 7) is 1.99. The Bertz CT molecular complexity index is 572. The molecule has 0 unspecified atom stereocenters. The predicted molar refractivity (Wildman–Crippen MR) is 60.6 cm³/mol. The summed E-state index contributed by atoms with van der Waals surface area (Å²) in [4.78, 5) is 20.2. The highest BCUT2D eigenvalue weighted by molar-refractivity contribution is 5.95.